The van der Waals surface area contributed by atoms with Crippen molar-refractivity contribution in [1.82, 2.24) is 9.97 Å². The van der Waals surface area contributed by atoms with Crippen LogP contribution in [-0.4, -0.2) is 30.2 Å². The molecule has 0 saturated heterocycles. The Morgan fingerprint density at radius 1 is 0.931 bits per heavy atom. The normalized spacial score (nSPS) is 10.6. The van der Waals surface area contributed by atoms with E-state index in [0.29, 0.717) is 22.9 Å². The predicted molar refractivity (Wildman–Crippen MR) is 115 cm³/mol. The first-order valence-electron chi connectivity index (χ1n) is 8.78. The Morgan fingerprint density at radius 2 is 1.72 bits per heavy atom. The molecule has 4 aromatic rings. The fourth-order valence-electron chi connectivity index (χ4n) is 2.83. The van der Waals surface area contributed by atoms with Crippen molar-refractivity contribution in [3.63, 3.8) is 0 Å². The highest BCUT2D eigenvalue weighted by Gasteiger charge is 2.10. The molecule has 0 aliphatic rings. The van der Waals surface area contributed by atoms with E-state index in [0.717, 1.165) is 20.9 Å². The van der Waals surface area contributed by atoms with Gasteiger partial charge in [0.15, 0.2) is 11.5 Å². The first-order chi connectivity index (χ1) is 14.2. The molecule has 2 aromatic heterocycles. The van der Waals surface area contributed by atoms with E-state index in [9.17, 15) is 4.79 Å². The summed E-state index contributed by atoms with van der Waals surface area (Å²) in [6.07, 6.45) is 1.75. The molecule has 0 atom stereocenters. The predicted octanol–water partition coefficient (Wildman–Crippen LogP) is 5.02. The summed E-state index contributed by atoms with van der Waals surface area (Å²) in [5.41, 5.74) is 3.02. The molecule has 0 unspecified atom stereocenters. The molecule has 0 bridgehead atoms. The molecule has 0 saturated carbocycles. The van der Waals surface area contributed by atoms with E-state index in [1.165, 1.54) is 11.3 Å². The maximum Gasteiger partial charge on any atom is 0.323 e. The lowest BCUT2D eigenvalue weighted by molar-refractivity contribution is 0.262. The summed E-state index contributed by atoms with van der Waals surface area (Å²) >= 11 is 1.51. The molecule has 0 radical (unpaired) electrons. The zero-order valence-corrected chi connectivity index (χ0v) is 16.6. The van der Waals surface area contributed by atoms with Crippen molar-refractivity contribution in [3.8, 4) is 22.1 Å². The molecule has 0 aliphatic carbocycles. The maximum atomic E-state index is 12.4. The van der Waals surface area contributed by atoms with Crippen LogP contribution in [0.4, 0.5) is 16.2 Å². The molecule has 2 N–H and O–H groups in total. The summed E-state index contributed by atoms with van der Waals surface area (Å²) in [6.45, 7) is 0. The van der Waals surface area contributed by atoms with Gasteiger partial charge in [0.25, 0.3) is 0 Å². The van der Waals surface area contributed by atoms with E-state index in [-0.39, 0.29) is 6.03 Å². The highest BCUT2D eigenvalue weighted by atomic mass is 32.1. The Bertz CT molecular complexity index is 1140. The number of hydrogen-bond acceptors (Lipinski definition) is 6. The SMILES string of the molecule is COc1ccc(NC(=O)Nc2cccc(-c3nc4cccnc4s3)c2)cc1OC. The van der Waals surface area contributed by atoms with Gasteiger partial charge >= 0.3 is 6.03 Å². The van der Waals surface area contributed by atoms with Crippen molar-refractivity contribution < 1.29 is 14.3 Å². The average molecular weight is 406 g/mol. The van der Waals surface area contributed by atoms with Crippen LogP contribution in [-0.2, 0) is 0 Å². The molecule has 146 valence electrons. The van der Waals surface area contributed by atoms with Gasteiger partial charge in [0.05, 0.1) is 14.2 Å². The molecule has 4 rings (SSSR count). The van der Waals surface area contributed by atoms with E-state index in [2.05, 4.69) is 20.6 Å². The van der Waals surface area contributed by atoms with Crippen LogP contribution in [0.3, 0.4) is 0 Å². The second-order valence-electron chi connectivity index (χ2n) is 6.08. The Hall–Kier alpha value is -3.65. The fourth-order valence-corrected chi connectivity index (χ4v) is 3.73. The van der Waals surface area contributed by atoms with Crippen LogP contribution in [0.5, 0.6) is 11.5 Å². The maximum absolute atomic E-state index is 12.4. The van der Waals surface area contributed by atoms with Crippen LogP contribution in [0.15, 0.2) is 60.8 Å². The number of urea groups is 1. The highest BCUT2D eigenvalue weighted by Crippen LogP contribution is 2.31. The van der Waals surface area contributed by atoms with Gasteiger partial charge in [-0.1, -0.05) is 23.5 Å². The number of fused-ring (bicyclic) bond motifs is 1. The van der Waals surface area contributed by atoms with Gasteiger partial charge < -0.3 is 20.1 Å². The molecule has 2 amide bonds. The third-order valence-corrected chi connectivity index (χ3v) is 5.20. The number of anilines is 2. The average Bonchev–Trinajstić information content (AvgIpc) is 3.18. The molecule has 2 heterocycles. The van der Waals surface area contributed by atoms with Gasteiger partial charge in [-0.25, -0.2) is 14.8 Å². The number of methoxy groups -OCH3 is 2. The van der Waals surface area contributed by atoms with Crippen LogP contribution >= 0.6 is 11.3 Å². The first-order valence-corrected chi connectivity index (χ1v) is 9.60. The molecule has 7 nitrogen and oxygen atoms in total. The van der Waals surface area contributed by atoms with Crippen LogP contribution in [0.2, 0.25) is 0 Å². The lowest BCUT2D eigenvalue weighted by Gasteiger charge is -2.11. The summed E-state index contributed by atoms with van der Waals surface area (Å²) in [7, 11) is 3.11. The zero-order valence-electron chi connectivity index (χ0n) is 15.8. The second kappa shape index (κ2) is 8.15. The number of benzene rings is 2. The Labute approximate surface area is 171 Å². The summed E-state index contributed by atoms with van der Waals surface area (Å²) < 4.78 is 10.5. The summed E-state index contributed by atoms with van der Waals surface area (Å²) in [5, 5.41) is 6.48. The minimum Gasteiger partial charge on any atom is -0.493 e. The zero-order chi connectivity index (χ0) is 20.2. The molecule has 0 spiro atoms. The molecule has 29 heavy (non-hydrogen) atoms. The van der Waals surface area contributed by atoms with Crippen molar-refractivity contribution in [2.45, 2.75) is 0 Å². The van der Waals surface area contributed by atoms with Gasteiger partial charge in [-0.3, -0.25) is 0 Å². The standard InChI is InChI=1S/C21H18N4O3S/c1-27-17-9-8-15(12-18(17)28-2)24-21(26)23-14-6-3-5-13(11-14)19-25-16-7-4-10-22-20(16)29-19/h3-12H,1-2H3,(H2,23,24,26). The van der Waals surface area contributed by atoms with Gasteiger partial charge in [-0.2, -0.15) is 0 Å². The highest BCUT2D eigenvalue weighted by molar-refractivity contribution is 7.21. The molecule has 0 aliphatic heterocycles. The number of carbonyl (C=O) groups is 1. The van der Waals surface area contributed by atoms with Crippen LogP contribution in [0.1, 0.15) is 0 Å². The number of rotatable bonds is 5. The Kier molecular flexibility index (Phi) is 5.26. The van der Waals surface area contributed by atoms with E-state index in [4.69, 9.17) is 9.47 Å². The van der Waals surface area contributed by atoms with E-state index < -0.39 is 0 Å². The van der Waals surface area contributed by atoms with Crippen LogP contribution < -0.4 is 20.1 Å². The number of nitrogens with one attached hydrogen (secondary N) is 2. The number of amides is 2. The van der Waals surface area contributed by atoms with Crippen LogP contribution in [0, 0.1) is 0 Å². The van der Waals surface area contributed by atoms with Gasteiger partial charge in [0, 0.05) is 29.2 Å². The second-order valence-corrected chi connectivity index (χ2v) is 7.05. The van der Waals surface area contributed by atoms with Gasteiger partial charge in [-0.05, 0) is 36.4 Å². The van der Waals surface area contributed by atoms with Gasteiger partial charge in [0.2, 0.25) is 0 Å². The quantitative estimate of drug-likeness (QED) is 0.486. The van der Waals surface area contributed by atoms with Gasteiger partial charge in [0.1, 0.15) is 15.4 Å². The smallest absolute Gasteiger partial charge is 0.323 e. The summed E-state index contributed by atoms with van der Waals surface area (Å²) in [4.78, 5) is 22.2. The van der Waals surface area contributed by atoms with Crippen molar-refractivity contribution in [2.75, 3.05) is 24.9 Å². The van der Waals surface area contributed by atoms with Crippen molar-refractivity contribution in [3.05, 3.63) is 60.8 Å². The first kappa shape index (κ1) is 18.7. The third-order valence-electron chi connectivity index (χ3n) is 4.18. The minimum atomic E-state index is -0.361. The topological polar surface area (TPSA) is 85.4 Å². The fraction of sp³-hybridized carbons (Fsp3) is 0.0952. The number of hydrogen-bond donors (Lipinski definition) is 2. The van der Waals surface area contributed by atoms with Crippen molar-refractivity contribution >= 4 is 39.1 Å². The molecular weight excluding hydrogens is 388 g/mol. The number of pyridine rings is 1. The monoisotopic (exact) mass is 406 g/mol. The number of thiazole rings is 1. The summed E-state index contributed by atoms with van der Waals surface area (Å²) in [6, 6.07) is 16.1. The molecular formula is C21H18N4O3S. The number of ether oxygens (including phenoxy) is 2. The lowest BCUT2D eigenvalue weighted by Crippen LogP contribution is -2.19. The molecule has 2 aromatic carbocycles. The lowest BCUT2D eigenvalue weighted by atomic mass is 10.2. The van der Waals surface area contributed by atoms with Crippen molar-refractivity contribution in [1.29, 1.82) is 0 Å². The Balaban J connectivity index is 1.49. The van der Waals surface area contributed by atoms with E-state index in [1.54, 1.807) is 38.6 Å². The minimum absolute atomic E-state index is 0.361. The number of aromatic nitrogens is 2. The third kappa shape index (κ3) is 4.12. The number of carbonyl (C=O) groups excluding carboxylic acids is 1. The molecule has 8 heteroatoms. The largest absolute Gasteiger partial charge is 0.493 e. The number of nitrogens with zero attached hydrogens (tertiary/aromatic N) is 2. The van der Waals surface area contributed by atoms with Crippen LogP contribution in [0.25, 0.3) is 20.9 Å². The van der Waals surface area contributed by atoms with E-state index >= 15 is 0 Å². The van der Waals surface area contributed by atoms with Crippen molar-refractivity contribution in [2.24, 2.45) is 0 Å². The van der Waals surface area contributed by atoms with E-state index in [1.807, 2.05) is 36.4 Å². The van der Waals surface area contributed by atoms with Gasteiger partial charge in [-0.15, -0.1) is 0 Å². The molecule has 0 fully saturated rings. The Morgan fingerprint density at radius 3 is 2.48 bits per heavy atom. The summed E-state index contributed by atoms with van der Waals surface area (Å²) in [5.74, 6) is 1.13.